The van der Waals surface area contributed by atoms with Gasteiger partial charge in [-0.2, -0.15) is 0 Å². The molecule has 0 aliphatic carbocycles. The summed E-state index contributed by atoms with van der Waals surface area (Å²) in [5.74, 6) is 0.490. The van der Waals surface area contributed by atoms with Crippen LogP contribution in [0.3, 0.4) is 0 Å². The number of aldehydes is 1. The van der Waals surface area contributed by atoms with Gasteiger partial charge in [0, 0.05) is 6.42 Å². The molecular formula is C19H20O3. The molecule has 0 saturated carbocycles. The first-order valence-electron chi connectivity index (χ1n) is 7.75. The molecule has 0 N–H and O–H groups in total. The van der Waals surface area contributed by atoms with Gasteiger partial charge in [-0.1, -0.05) is 42.5 Å². The van der Waals surface area contributed by atoms with E-state index in [1.54, 1.807) is 0 Å². The highest BCUT2D eigenvalue weighted by atomic mass is 16.7. The number of carbonyl (C=O) groups excluding carboxylic acids is 1. The number of ether oxygens (including phenoxy) is 2. The van der Waals surface area contributed by atoms with E-state index in [1.807, 2.05) is 54.6 Å². The van der Waals surface area contributed by atoms with Crippen LogP contribution in [-0.2, 0) is 9.53 Å². The second-order valence-electron chi connectivity index (χ2n) is 5.51. The van der Waals surface area contributed by atoms with Crippen LogP contribution >= 0.6 is 0 Å². The van der Waals surface area contributed by atoms with Crippen molar-refractivity contribution in [2.45, 2.75) is 31.5 Å². The maximum atomic E-state index is 11.5. The average Bonchev–Trinajstić information content (AvgIpc) is 2.58. The lowest BCUT2D eigenvalue weighted by atomic mass is 9.92. The fourth-order valence-electron chi connectivity index (χ4n) is 2.75. The third-order valence-electron chi connectivity index (χ3n) is 3.92. The van der Waals surface area contributed by atoms with Gasteiger partial charge < -0.3 is 14.3 Å². The monoisotopic (exact) mass is 296 g/mol. The fourth-order valence-corrected chi connectivity index (χ4v) is 2.75. The van der Waals surface area contributed by atoms with Gasteiger partial charge in [-0.15, -0.1) is 0 Å². The first-order chi connectivity index (χ1) is 10.9. The van der Waals surface area contributed by atoms with Gasteiger partial charge in [0.05, 0.1) is 12.5 Å². The summed E-state index contributed by atoms with van der Waals surface area (Å²) in [5.41, 5.74) is 1.93. The Morgan fingerprint density at radius 2 is 1.86 bits per heavy atom. The number of carbonyl (C=O) groups is 1. The molecule has 0 aromatic heterocycles. The van der Waals surface area contributed by atoms with Crippen LogP contribution in [0.1, 0.15) is 36.3 Å². The molecule has 0 bridgehead atoms. The molecule has 114 valence electrons. The van der Waals surface area contributed by atoms with Gasteiger partial charge in [0.15, 0.2) is 6.29 Å². The zero-order chi connectivity index (χ0) is 15.2. The van der Waals surface area contributed by atoms with E-state index in [9.17, 15) is 4.79 Å². The van der Waals surface area contributed by atoms with Crippen molar-refractivity contribution in [1.29, 1.82) is 0 Å². The van der Waals surface area contributed by atoms with Gasteiger partial charge in [-0.05, 0) is 36.1 Å². The third-order valence-corrected chi connectivity index (χ3v) is 3.92. The molecule has 3 rings (SSSR count). The Labute approximate surface area is 130 Å². The predicted molar refractivity (Wildman–Crippen MR) is 85.0 cm³/mol. The Bertz CT molecular complexity index is 603. The topological polar surface area (TPSA) is 35.5 Å². The Hall–Kier alpha value is -2.13. The molecule has 1 aliphatic heterocycles. The standard InChI is InChI=1S/C19H20O3/c20-14-18(15-7-2-1-3-8-15)16-9-6-10-17(13-16)22-19-11-4-5-12-21-19/h1-3,6-10,13-14,18-19H,4-5,11-12H2. The molecule has 3 heteroatoms. The summed E-state index contributed by atoms with van der Waals surface area (Å²) in [7, 11) is 0. The minimum atomic E-state index is -0.267. The Morgan fingerprint density at radius 1 is 1.05 bits per heavy atom. The Balaban J connectivity index is 1.78. The maximum Gasteiger partial charge on any atom is 0.199 e. The van der Waals surface area contributed by atoms with Gasteiger partial charge in [0.1, 0.15) is 12.0 Å². The molecule has 2 unspecified atom stereocenters. The summed E-state index contributed by atoms with van der Waals surface area (Å²) in [6.07, 6.45) is 3.95. The van der Waals surface area contributed by atoms with Crippen LogP contribution in [0.2, 0.25) is 0 Å². The fraction of sp³-hybridized carbons (Fsp3) is 0.316. The van der Waals surface area contributed by atoms with E-state index in [2.05, 4.69) is 0 Å². The molecule has 1 saturated heterocycles. The number of benzene rings is 2. The first-order valence-corrected chi connectivity index (χ1v) is 7.75. The van der Waals surface area contributed by atoms with Crippen molar-refractivity contribution in [3.63, 3.8) is 0 Å². The van der Waals surface area contributed by atoms with Crippen LogP contribution in [-0.4, -0.2) is 19.2 Å². The number of hydrogen-bond donors (Lipinski definition) is 0. The smallest absolute Gasteiger partial charge is 0.199 e. The van der Waals surface area contributed by atoms with E-state index in [4.69, 9.17) is 9.47 Å². The quantitative estimate of drug-likeness (QED) is 0.784. The van der Waals surface area contributed by atoms with Crippen LogP contribution in [0, 0.1) is 0 Å². The molecular weight excluding hydrogens is 276 g/mol. The number of hydrogen-bond acceptors (Lipinski definition) is 3. The molecule has 2 atom stereocenters. The van der Waals surface area contributed by atoms with Crippen LogP contribution in [0.5, 0.6) is 5.75 Å². The van der Waals surface area contributed by atoms with Crippen molar-refractivity contribution in [1.82, 2.24) is 0 Å². The summed E-state index contributed by atoms with van der Waals surface area (Å²) in [6, 6.07) is 17.5. The van der Waals surface area contributed by atoms with E-state index >= 15 is 0 Å². The Kier molecular flexibility index (Phi) is 4.86. The lowest BCUT2D eigenvalue weighted by Gasteiger charge is -2.24. The molecule has 22 heavy (non-hydrogen) atoms. The van der Waals surface area contributed by atoms with E-state index in [-0.39, 0.29) is 12.2 Å². The molecule has 1 heterocycles. The second-order valence-corrected chi connectivity index (χ2v) is 5.51. The zero-order valence-corrected chi connectivity index (χ0v) is 12.5. The molecule has 0 radical (unpaired) electrons. The zero-order valence-electron chi connectivity index (χ0n) is 12.5. The summed E-state index contributed by atoms with van der Waals surface area (Å²) in [6.45, 7) is 0.755. The Morgan fingerprint density at radius 3 is 2.59 bits per heavy atom. The maximum absolute atomic E-state index is 11.5. The predicted octanol–water partition coefficient (Wildman–Crippen LogP) is 3.92. The summed E-state index contributed by atoms with van der Waals surface area (Å²) < 4.78 is 11.5. The summed E-state index contributed by atoms with van der Waals surface area (Å²) in [5, 5.41) is 0. The first kappa shape index (κ1) is 14.8. The van der Waals surface area contributed by atoms with E-state index in [0.29, 0.717) is 0 Å². The van der Waals surface area contributed by atoms with Crippen molar-refractivity contribution in [3.05, 3.63) is 65.7 Å². The average molecular weight is 296 g/mol. The van der Waals surface area contributed by atoms with Gasteiger partial charge in [0.25, 0.3) is 0 Å². The molecule has 0 amide bonds. The van der Waals surface area contributed by atoms with Crippen molar-refractivity contribution in [3.8, 4) is 5.75 Å². The summed E-state index contributed by atoms with van der Waals surface area (Å²) >= 11 is 0. The highest BCUT2D eigenvalue weighted by Gasteiger charge is 2.17. The normalized spacial score (nSPS) is 19.4. The molecule has 2 aromatic rings. The highest BCUT2D eigenvalue weighted by molar-refractivity contribution is 5.68. The second kappa shape index (κ2) is 7.23. The molecule has 1 aliphatic rings. The molecule has 2 aromatic carbocycles. The van der Waals surface area contributed by atoms with Gasteiger partial charge in [0.2, 0.25) is 0 Å². The molecule has 0 spiro atoms. The largest absolute Gasteiger partial charge is 0.465 e. The lowest BCUT2D eigenvalue weighted by molar-refractivity contribution is -0.108. The molecule has 3 nitrogen and oxygen atoms in total. The van der Waals surface area contributed by atoms with E-state index < -0.39 is 0 Å². The van der Waals surface area contributed by atoms with Crippen LogP contribution < -0.4 is 4.74 Å². The van der Waals surface area contributed by atoms with Gasteiger partial charge in [-0.25, -0.2) is 0 Å². The van der Waals surface area contributed by atoms with Crippen LogP contribution in [0.15, 0.2) is 54.6 Å². The highest BCUT2D eigenvalue weighted by Crippen LogP contribution is 2.27. The third kappa shape index (κ3) is 3.55. The van der Waals surface area contributed by atoms with Crippen molar-refractivity contribution < 1.29 is 14.3 Å². The van der Waals surface area contributed by atoms with E-state index in [1.165, 1.54) is 0 Å². The summed E-state index contributed by atoms with van der Waals surface area (Å²) in [4.78, 5) is 11.5. The van der Waals surface area contributed by atoms with Crippen molar-refractivity contribution >= 4 is 6.29 Å². The van der Waals surface area contributed by atoms with Gasteiger partial charge in [-0.3, -0.25) is 0 Å². The number of rotatable bonds is 5. The van der Waals surface area contributed by atoms with Crippen molar-refractivity contribution in [2.75, 3.05) is 6.61 Å². The van der Waals surface area contributed by atoms with Crippen LogP contribution in [0.4, 0.5) is 0 Å². The minimum Gasteiger partial charge on any atom is -0.465 e. The van der Waals surface area contributed by atoms with Gasteiger partial charge >= 0.3 is 0 Å². The van der Waals surface area contributed by atoms with E-state index in [0.717, 1.165) is 49.0 Å². The SMILES string of the molecule is O=CC(c1ccccc1)c1cccc(OC2CCCCO2)c1. The lowest BCUT2D eigenvalue weighted by Crippen LogP contribution is -2.25. The minimum absolute atomic E-state index is 0.171. The van der Waals surface area contributed by atoms with Crippen LogP contribution in [0.25, 0.3) is 0 Å². The molecule has 1 fully saturated rings. The van der Waals surface area contributed by atoms with Crippen molar-refractivity contribution in [2.24, 2.45) is 0 Å².